The third-order valence-electron chi connectivity index (χ3n) is 7.39. The van der Waals surface area contributed by atoms with Crippen LogP contribution in [0.5, 0.6) is 5.75 Å². The molecule has 0 aliphatic carbocycles. The van der Waals surface area contributed by atoms with Gasteiger partial charge in [-0.25, -0.2) is 8.42 Å². The van der Waals surface area contributed by atoms with E-state index in [1.165, 1.54) is 17.0 Å². The van der Waals surface area contributed by atoms with Gasteiger partial charge < -0.3 is 15.0 Å². The molecule has 4 aromatic rings. The van der Waals surface area contributed by atoms with Crippen molar-refractivity contribution in [2.75, 3.05) is 24.0 Å². The van der Waals surface area contributed by atoms with Gasteiger partial charge in [0.1, 0.15) is 18.3 Å². The van der Waals surface area contributed by atoms with Gasteiger partial charge in [-0.1, -0.05) is 91.6 Å². The van der Waals surface area contributed by atoms with Gasteiger partial charge >= 0.3 is 0 Å². The highest BCUT2D eigenvalue weighted by Gasteiger charge is 2.35. The van der Waals surface area contributed by atoms with Gasteiger partial charge in [-0.05, 0) is 66.9 Å². The van der Waals surface area contributed by atoms with Crippen molar-refractivity contribution in [3.8, 4) is 5.75 Å². The van der Waals surface area contributed by atoms with Crippen LogP contribution in [0.2, 0.25) is 10.0 Å². The summed E-state index contributed by atoms with van der Waals surface area (Å²) in [5.41, 5.74) is 1.52. The molecule has 0 spiro atoms. The van der Waals surface area contributed by atoms with Gasteiger partial charge in [0.05, 0.1) is 17.2 Å². The number of sulfonamides is 1. The number of carbonyl (C=O) groups is 2. The maximum Gasteiger partial charge on any atom is 0.264 e. The molecule has 0 fully saturated rings. The third-order valence-corrected chi connectivity index (χ3v) is 9.89. The van der Waals surface area contributed by atoms with Crippen LogP contribution in [-0.2, 0) is 32.6 Å². The lowest BCUT2D eigenvalue weighted by atomic mass is 10.0. The summed E-state index contributed by atoms with van der Waals surface area (Å²) < 4.78 is 34.9. The summed E-state index contributed by atoms with van der Waals surface area (Å²) in [6, 6.07) is 27.7. The number of anilines is 1. The maximum absolute atomic E-state index is 14.6. The average molecular weight is 697 g/mol. The Bertz CT molecular complexity index is 1720. The average Bonchev–Trinajstić information content (AvgIpc) is 3.06. The molecule has 0 unspecified atom stereocenters. The molecule has 0 bridgehead atoms. The molecule has 0 saturated carbocycles. The normalized spacial score (nSPS) is 12.0. The smallest absolute Gasteiger partial charge is 0.264 e. The molecule has 0 aliphatic rings. The fourth-order valence-electron chi connectivity index (χ4n) is 4.95. The molecule has 0 aromatic heterocycles. The molecule has 0 radical (unpaired) electrons. The first-order valence-electron chi connectivity index (χ1n) is 15.4. The fraction of sp³-hybridized carbons (Fsp3) is 0.278. The lowest BCUT2D eigenvalue weighted by Crippen LogP contribution is -2.53. The first-order chi connectivity index (χ1) is 22.5. The summed E-state index contributed by atoms with van der Waals surface area (Å²) in [6.07, 6.45) is 0.174. The van der Waals surface area contributed by atoms with Crippen molar-refractivity contribution in [3.05, 3.63) is 124 Å². The van der Waals surface area contributed by atoms with Crippen LogP contribution >= 0.6 is 23.2 Å². The Morgan fingerprint density at radius 3 is 2.00 bits per heavy atom. The molecular formula is C36H39Cl2N3O5S. The van der Waals surface area contributed by atoms with Crippen LogP contribution in [0.1, 0.15) is 31.9 Å². The van der Waals surface area contributed by atoms with Gasteiger partial charge in [-0.15, -0.1) is 0 Å². The van der Waals surface area contributed by atoms with Crippen molar-refractivity contribution in [3.63, 3.8) is 0 Å². The molecule has 248 valence electrons. The number of halogens is 2. The highest BCUT2D eigenvalue weighted by atomic mass is 35.5. The summed E-state index contributed by atoms with van der Waals surface area (Å²) in [5.74, 6) is -0.281. The van der Waals surface area contributed by atoms with Crippen LogP contribution in [-0.4, -0.2) is 50.9 Å². The molecule has 0 saturated heterocycles. The summed E-state index contributed by atoms with van der Waals surface area (Å²) >= 11 is 13.2. The topological polar surface area (TPSA) is 96.0 Å². The number of hydrogen-bond donors (Lipinski definition) is 1. The largest absolute Gasteiger partial charge is 0.494 e. The van der Waals surface area contributed by atoms with Crippen LogP contribution < -0.4 is 14.4 Å². The first-order valence-corrected chi connectivity index (χ1v) is 17.6. The molecule has 1 atom stereocenters. The Hall–Kier alpha value is -4.05. The number of benzene rings is 4. The minimum Gasteiger partial charge on any atom is -0.494 e. The Morgan fingerprint density at radius 2 is 1.43 bits per heavy atom. The maximum atomic E-state index is 14.6. The molecule has 0 aliphatic heterocycles. The molecule has 11 heteroatoms. The lowest BCUT2D eigenvalue weighted by Gasteiger charge is -2.34. The van der Waals surface area contributed by atoms with Crippen molar-refractivity contribution in [2.24, 2.45) is 5.92 Å². The van der Waals surface area contributed by atoms with Crippen molar-refractivity contribution >= 4 is 50.7 Å². The summed E-state index contributed by atoms with van der Waals surface area (Å²) in [5, 5.41) is 3.60. The molecule has 0 heterocycles. The van der Waals surface area contributed by atoms with E-state index in [1.807, 2.05) is 51.1 Å². The molecule has 4 rings (SSSR count). The van der Waals surface area contributed by atoms with Crippen LogP contribution in [0.4, 0.5) is 5.69 Å². The van der Waals surface area contributed by atoms with Crippen LogP contribution in [0.25, 0.3) is 0 Å². The zero-order valence-corrected chi connectivity index (χ0v) is 28.9. The minimum atomic E-state index is -4.23. The Kier molecular flexibility index (Phi) is 12.7. The predicted molar refractivity (Wildman–Crippen MR) is 187 cm³/mol. The Balaban J connectivity index is 1.82. The van der Waals surface area contributed by atoms with E-state index >= 15 is 0 Å². The summed E-state index contributed by atoms with van der Waals surface area (Å²) in [6.45, 7) is 5.89. The molecule has 1 N–H and O–H groups in total. The van der Waals surface area contributed by atoms with Crippen molar-refractivity contribution in [1.29, 1.82) is 0 Å². The van der Waals surface area contributed by atoms with E-state index in [2.05, 4.69) is 5.32 Å². The van der Waals surface area contributed by atoms with Gasteiger partial charge in [-0.3, -0.25) is 13.9 Å². The fourth-order valence-corrected chi connectivity index (χ4v) is 6.91. The SMILES string of the molecule is CCOc1ccc(N(CC(=O)N(Cc2c(Cl)cccc2Cl)[C@H](Cc2ccccc2)C(=O)NCC(C)C)S(=O)(=O)c2ccccc2)cc1. The molecular weight excluding hydrogens is 657 g/mol. The van der Waals surface area contributed by atoms with Crippen molar-refractivity contribution in [1.82, 2.24) is 10.2 Å². The van der Waals surface area contributed by atoms with Gasteiger partial charge in [-0.2, -0.15) is 0 Å². The number of carbonyl (C=O) groups excluding carboxylic acids is 2. The van der Waals surface area contributed by atoms with E-state index in [9.17, 15) is 18.0 Å². The lowest BCUT2D eigenvalue weighted by molar-refractivity contribution is -0.140. The van der Waals surface area contributed by atoms with Crippen molar-refractivity contribution < 1.29 is 22.7 Å². The predicted octanol–water partition coefficient (Wildman–Crippen LogP) is 7.00. The molecule has 4 aromatic carbocycles. The van der Waals surface area contributed by atoms with Crippen LogP contribution in [0.3, 0.4) is 0 Å². The number of nitrogens with zero attached hydrogens (tertiary/aromatic N) is 2. The van der Waals surface area contributed by atoms with Gasteiger partial charge in [0.15, 0.2) is 0 Å². The number of hydrogen-bond acceptors (Lipinski definition) is 5. The van der Waals surface area contributed by atoms with E-state index < -0.39 is 28.5 Å². The van der Waals surface area contributed by atoms with Gasteiger partial charge in [0, 0.05) is 35.1 Å². The van der Waals surface area contributed by atoms with E-state index in [1.54, 1.807) is 60.7 Å². The second kappa shape index (κ2) is 16.7. The van der Waals surface area contributed by atoms with Gasteiger partial charge in [0.2, 0.25) is 11.8 Å². The monoisotopic (exact) mass is 695 g/mol. The number of ether oxygens (including phenoxy) is 1. The quantitative estimate of drug-likeness (QED) is 0.145. The van der Waals surface area contributed by atoms with E-state index in [0.717, 1.165) is 9.87 Å². The van der Waals surface area contributed by atoms with E-state index in [4.69, 9.17) is 27.9 Å². The zero-order chi connectivity index (χ0) is 34.0. The number of amides is 2. The minimum absolute atomic E-state index is 0.0119. The Morgan fingerprint density at radius 1 is 0.830 bits per heavy atom. The third kappa shape index (κ3) is 9.50. The standard InChI is InChI=1S/C36H39Cl2N3O5S/c1-4-46-29-20-18-28(19-21-29)41(47(44,45)30-14-9-6-10-15-30)25-35(42)40(24-31-32(37)16-11-17-33(31)38)34(36(43)39-23-26(2)3)22-27-12-7-5-8-13-27/h5-21,26,34H,4,22-25H2,1-3H3,(H,39,43)/t34-/m1/s1. The molecule has 2 amide bonds. The molecule has 8 nitrogen and oxygen atoms in total. The first kappa shape index (κ1) is 35.8. The van der Waals surface area contributed by atoms with E-state index in [0.29, 0.717) is 34.5 Å². The Labute approximate surface area is 287 Å². The zero-order valence-electron chi connectivity index (χ0n) is 26.6. The van der Waals surface area contributed by atoms with Crippen LogP contribution in [0.15, 0.2) is 108 Å². The number of rotatable bonds is 15. The van der Waals surface area contributed by atoms with E-state index in [-0.39, 0.29) is 35.4 Å². The highest BCUT2D eigenvalue weighted by Crippen LogP contribution is 2.29. The number of nitrogens with one attached hydrogen (secondary N) is 1. The van der Waals surface area contributed by atoms with Gasteiger partial charge in [0.25, 0.3) is 10.0 Å². The summed E-state index contributed by atoms with van der Waals surface area (Å²) in [7, 11) is -4.23. The molecule has 47 heavy (non-hydrogen) atoms. The van der Waals surface area contributed by atoms with Crippen molar-refractivity contribution in [2.45, 2.75) is 44.7 Å². The highest BCUT2D eigenvalue weighted by molar-refractivity contribution is 7.92. The summed E-state index contributed by atoms with van der Waals surface area (Å²) in [4.78, 5) is 29.9. The second-order valence-corrected chi connectivity index (χ2v) is 14.0. The second-order valence-electron chi connectivity index (χ2n) is 11.3. The van der Waals surface area contributed by atoms with Crippen LogP contribution in [0, 0.1) is 5.92 Å².